The SMILES string of the molecule is CC(C)(C)OC(=O)n1cc(CN(C(=O)OCC2c3ccccc3-c3ccccc32)c2ccc(C(=O)O)cc2)c2ccccc21. The Morgan fingerprint density at radius 2 is 1.41 bits per heavy atom. The molecule has 1 aromatic heterocycles. The van der Waals surface area contributed by atoms with Gasteiger partial charge in [-0.1, -0.05) is 66.7 Å². The van der Waals surface area contributed by atoms with E-state index < -0.39 is 23.8 Å². The summed E-state index contributed by atoms with van der Waals surface area (Å²) in [5, 5.41) is 10.2. The van der Waals surface area contributed by atoms with Crippen molar-refractivity contribution in [2.24, 2.45) is 0 Å². The van der Waals surface area contributed by atoms with E-state index in [4.69, 9.17) is 9.47 Å². The van der Waals surface area contributed by atoms with E-state index in [0.717, 1.165) is 27.6 Å². The van der Waals surface area contributed by atoms with Crippen molar-refractivity contribution in [3.8, 4) is 11.1 Å². The predicted molar refractivity (Wildman–Crippen MR) is 168 cm³/mol. The highest BCUT2D eigenvalue weighted by Gasteiger charge is 2.30. The van der Waals surface area contributed by atoms with Crippen LogP contribution >= 0.6 is 0 Å². The number of carbonyl (C=O) groups excluding carboxylic acids is 2. The Kier molecular flexibility index (Phi) is 7.43. The molecule has 0 radical (unpaired) electrons. The summed E-state index contributed by atoms with van der Waals surface area (Å²) in [6.07, 6.45) is 0.552. The number of carboxylic acid groups (broad SMARTS) is 1. The molecule has 1 aliphatic rings. The van der Waals surface area contributed by atoms with Gasteiger partial charge in [-0.2, -0.15) is 0 Å². The van der Waals surface area contributed by atoms with Crippen LogP contribution in [0, 0.1) is 0 Å². The largest absolute Gasteiger partial charge is 0.478 e. The van der Waals surface area contributed by atoms with Gasteiger partial charge < -0.3 is 14.6 Å². The summed E-state index contributed by atoms with van der Waals surface area (Å²) < 4.78 is 13.1. The molecular weight excluding hydrogens is 556 g/mol. The number of anilines is 1. The van der Waals surface area contributed by atoms with Crippen molar-refractivity contribution in [3.05, 3.63) is 126 Å². The Balaban J connectivity index is 1.33. The first-order chi connectivity index (χ1) is 21.1. The number of rotatable bonds is 6. The number of benzene rings is 4. The van der Waals surface area contributed by atoms with Crippen molar-refractivity contribution in [2.75, 3.05) is 11.5 Å². The van der Waals surface area contributed by atoms with Crippen LogP contribution in [0.1, 0.15) is 53.7 Å². The second-order valence-electron chi connectivity index (χ2n) is 11.8. The summed E-state index contributed by atoms with van der Waals surface area (Å²) in [5.41, 5.74) is 5.65. The third-order valence-electron chi connectivity index (χ3n) is 7.70. The van der Waals surface area contributed by atoms with E-state index in [2.05, 4.69) is 24.3 Å². The molecule has 0 unspecified atom stereocenters. The molecule has 1 N–H and O–H groups in total. The van der Waals surface area contributed by atoms with E-state index in [0.29, 0.717) is 16.8 Å². The van der Waals surface area contributed by atoms with Gasteiger partial charge in [-0.15, -0.1) is 0 Å². The van der Waals surface area contributed by atoms with Crippen molar-refractivity contribution < 1.29 is 29.0 Å². The second-order valence-corrected chi connectivity index (χ2v) is 11.8. The maximum Gasteiger partial charge on any atom is 0.419 e. The third kappa shape index (κ3) is 5.54. The maximum absolute atomic E-state index is 13.9. The Morgan fingerprint density at radius 3 is 2.02 bits per heavy atom. The van der Waals surface area contributed by atoms with E-state index >= 15 is 0 Å². The molecule has 4 aromatic carbocycles. The lowest BCUT2D eigenvalue weighted by Gasteiger charge is -2.24. The van der Waals surface area contributed by atoms with Gasteiger partial charge in [0.2, 0.25) is 0 Å². The van der Waals surface area contributed by atoms with E-state index in [1.165, 1.54) is 21.6 Å². The summed E-state index contributed by atoms with van der Waals surface area (Å²) >= 11 is 0. The first-order valence-corrected chi connectivity index (χ1v) is 14.4. The summed E-state index contributed by atoms with van der Waals surface area (Å²) in [5.74, 6) is -1.19. The minimum atomic E-state index is -1.07. The number of amides is 1. The molecule has 0 spiro atoms. The molecule has 8 heteroatoms. The number of fused-ring (bicyclic) bond motifs is 4. The molecular formula is C36H32N2O6. The van der Waals surface area contributed by atoms with Gasteiger partial charge in [-0.25, -0.2) is 14.4 Å². The van der Waals surface area contributed by atoms with Gasteiger partial charge in [0, 0.05) is 23.2 Å². The van der Waals surface area contributed by atoms with Crippen molar-refractivity contribution in [1.29, 1.82) is 0 Å². The monoisotopic (exact) mass is 588 g/mol. The first-order valence-electron chi connectivity index (χ1n) is 14.4. The molecule has 5 aromatic rings. The number of hydrogen-bond donors (Lipinski definition) is 1. The van der Waals surface area contributed by atoms with Crippen LogP contribution in [0.2, 0.25) is 0 Å². The number of aromatic nitrogens is 1. The molecule has 1 amide bonds. The van der Waals surface area contributed by atoms with Crippen LogP contribution in [-0.4, -0.2) is 40.0 Å². The van der Waals surface area contributed by atoms with Gasteiger partial charge in [-0.3, -0.25) is 9.47 Å². The highest BCUT2D eigenvalue weighted by molar-refractivity contribution is 5.95. The Bertz CT molecular complexity index is 1840. The number of ether oxygens (including phenoxy) is 2. The number of carboxylic acids is 1. The van der Waals surface area contributed by atoms with Crippen molar-refractivity contribution in [1.82, 2.24) is 4.57 Å². The lowest BCUT2D eigenvalue weighted by atomic mass is 9.98. The van der Waals surface area contributed by atoms with Crippen LogP contribution in [0.4, 0.5) is 15.3 Å². The fourth-order valence-electron chi connectivity index (χ4n) is 5.73. The van der Waals surface area contributed by atoms with E-state index in [-0.39, 0.29) is 24.6 Å². The van der Waals surface area contributed by atoms with Gasteiger partial charge in [-0.05, 0) is 78.9 Å². The molecule has 0 bridgehead atoms. The molecule has 0 aliphatic heterocycles. The zero-order valence-electron chi connectivity index (χ0n) is 24.7. The Hall–Kier alpha value is -5.37. The fraction of sp³-hybridized carbons (Fsp3) is 0.194. The third-order valence-corrected chi connectivity index (χ3v) is 7.70. The minimum Gasteiger partial charge on any atom is -0.478 e. The van der Waals surface area contributed by atoms with E-state index in [1.54, 1.807) is 39.1 Å². The molecule has 0 saturated carbocycles. The summed E-state index contributed by atoms with van der Waals surface area (Å²) in [6, 6.07) is 29.7. The van der Waals surface area contributed by atoms with Gasteiger partial charge >= 0.3 is 18.2 Å². The normalized spacial score (nSPS) is 12.4. The van der Waals surface area contributed by atoms with Crippen molar-refractivity contribution in [2.45, 2.75) is 38.8 Å². The van der Waals surface area contributed by atoms with Gasteiger partial charge in [0.25, 0.3) is 0 Å². The van der Waals surface area contributed by atoms with Crippen LogP contribution < -0.4 is 4.90 Å². The topological polar surface area (TPSA) is 98.1 Å². The summed E-state index contributed by atoms with van der Waals surface area (Å²) in [4.78, 5) is 40.0. The van der Waals surface area contributed by atoms with Crippen LogP contribution in [0.5, 0.6) is 0 Å². The second kappa shape index (κ2) is 11.4. The van der Waals surface area contributed by atoms with Crippen LogP contribution in [0.15, 0.2) is 103 Å². The summed E-state index contributed by atoms with van der Waals surface area (Å²) in [7, 11) is 0. The first kappa shape index (κ1) is 28.7. The average molecular weight is 589 g/mol. The van der Waals surface area contributed by atoms with Crippen LogP contribution in [0.3, 0.4) is 0 Å². The molecule has 1 heterocycles. The molecule has 0 saturated heterocycles. The molecule has 44 heavy (non-hydrogen) atoms. The summed E-state index contributed by atoms with van der Waals surface area (Å²) in [6.45, 7) is 5.60. The highest BCUT2D eigenvalue weighted by Crippen LogP contribution is 2.44. The van der Waals surface area contributed by atoms with E-state index in [1.807, 2.05) is 48.5 Å². The molecule has 1 aliphatic carbocycles. The quantitative estimate of drug-likeness (QED) is 0.215. The molecule has 8 nitrogen and oxygen atoms in total. The maximum atomic E-state index is 13.9. The van der Waals surface area contributed by atoms with Crippen LogP contribution in [0.25, 0.3) is 22.0 Å². The average Bonchev–Trinajstić information content (AvgIpc) is 3.54. The molecule has 0 fully saturated rings. The fourth-order valence-corrected chi connectivity index (χ4v) is 5.73. The number of carbonyl (C=O) groups is 3. The van der Waals surface area contributed by atoms with Crippen LogP contribution in [-0.2, 0) is 16.0 Å². The van der Waals surface area contributed by atoms with Gasteiger partial charge in [0.15, 0.2) is 0 Å². The minimum absolute atomic E-state index is 0.0689. The van der Waals surface area contributed by atoms with Gasteiger partial charge in [0.05, 0.1) is 17.6 Å². The number of aromatic carboxylic acids is 1. The molecule has 0 atom stereocenters. The zero-order chi connectivity index (χ0) is 31.0. The van der Waals surface area contributed by atoms with E-state index in [9.17, 15) is 19.5 Å². The highest BCUT2D eigenvalue weighted by atomic mass is 16.6. The lowest BCUT2D eigenvalue weighted by molar-refractivity contribution is 0.0543. The van der Waals surface area contributed by atoms with Gasteiger partial charge in [0.1, 0.15) is 12.2 Å². The Labute approximate surface area is 255 Å². The molecule has 222 valence electrons. The predicted octanol–water partition coefficient (Wildman–Crippen LogP) is 8.08. The van der Waals surface area contributed by atoms with Crippen molar-refractivity contribution >= 4 is 34.7 Å². The Morgan fingerprint density at radius 1 is 0.818 bits per heavy atom. The standard InChI is InChI=1S/C36H32N2O6/c1-36(2,3)44-35(42)38-21-24(26-10-8-9-15-32(26)38)20-37(25-18-16-23(17-19-25)33(39)40)34(41)43-22-31-29-13-6-4-11-27(29)28-12-5-7-14-30(28)31/h4-19,21,31H,20,22H2,1-3H3,(H,39,40). The molecule has 6 rings (SSSR count). The zero-order valence-corrected chi connectivity index (χ0v) is 24.7. The number of hydrogen-bond acceptors (Lipinski definition) is 5. The number of nitrogens with zero attached hydrogens (tertiary/aromatic N) is 2. The number of para-hydroxylation sites is 1. The lowest BCUT2D eigenvalue weighted by Crippen LogP contribution is -2.32. The van der Waals surface area contributed by atoms with Crippen molar-refractivity contribution in [3.63, 3.8) is 0 Å². The smallest absolute Gasteiger partial charge is 0.419 e.